The maximum absolute atomic E-state index is 13.9. The van der Waals surface area contributed by atoms with Crippen molar-refractivity contribution in [1.82, 2.24) is 4.98 Å². The molecule has 7 nitrogen and oxygen atoms in total. The summed E-state index contributed by atoms with van der Waals surface area (Å²) in [5.41, 5.74) is 0.995. The Labute approximate surface area is 226 Å². The van der Waals surface area contributed by atoms with Crippen molar-refractivity contribution < 1.29 is 28.6 Å². The van der Waals surface area contributed by atoms with E-state index in [9.17, 15) is 19.1 Å². The van der Waals surface area contributed by atoms with Gasteiger partial charge in [0.1, 0.15) is 5.82 Å². The summed E-state index contributed by atoms with van der Waals surface area (Å²) in [4.78, 5) is 33.3. The molecule has 1 atom stereocenters. The van der Waals surface area contributed by atoms with E-state index in [4.69, 9.17) is 9.47 Å². The number of amides is 1. The quantitative estimate of drug-likeness (QED) is 0.171. The summed E-state index contributed by atoms with van der Waals surface area (Å²) in [5.74, 6) is -1.25. The minimum atomic E-state index is -0.980. The Hall–Kier alpha value is -3.76. The van der Waals surface area contributed by atoms with Crippen molar-refractivity contribution in [3.05, 3.63) is 81.5 Å². The van der Waals surface area contributed by atoms with E-state index in [0.29, 0.717) is 45.4 Å². The number of carbonyl (C=O) groups excluding carboxylic acids is 2. The Balaban J connectivity index is 1.64. The minimum Gasteiger partial charge on any atom is -0.503 e. The fourth-order valence-corrected chi connectivity index (χ4v) is 5.98. The topological polar surface area (TPSA) is 89.0 Å². The normalized spacial score (nSPS) is 15.5. The molecule has 2 aromatic heterocycles. The molecule has 0 saturated heterocycles. The molecule has 1 N–H and O–H groups in total. The number of hydrogen-bond acceptors (Lipinski definition) is 8. The molecule has 0 aliphatic carbocycles. The van der Waals surface area contributed by atoms with Crippen LogP contribution in [0.2, 0.25) is 0 Å². The van der Waals surface area contributed by atoms with Crippen LogP contribution in [-0.4, -0.2) is 35.0 Å². The van der Waals surface area contributed by atoms with Crippen LogP contribution in [0.1, 0.15) is 48.0 Å². The molecule has 0 radical (unpaired) electrons. The van der Waals surface area contributed by atoms with E-state index < -0.39 is 29.3 Å². The number of thiazole rings is 1. The van der Waals surface area contributed by atoms with Gasteiger partial charge in [-0.15, -0.1) is 11.3 Å². The first-order chi connectivity index (χ1) is 18.4. The fourth-order valence-electron chi connectivity index (χ4n) is 4.29. The molecule has 1 aliphatic heterocycles. The SMILES string of the molecule is CCCCOc1ccc(C2C(C(=O)c3cccs3)=C(O)C(=O)N2c2nc3ccc(F)cc3s2)cc1OCC. The summed E-state index contributed by atoms with van der Waals surface area (Å²) in [6, 6.07) is 11.8. The third-order valence-corrected chi connectivity index (χ3v) is 7.97. The Kier molecular flexibility index (Phi) is 7.44. The molecule has 2 aromatic carbocycles. The van der Waals surface area contributed by atoms with Gasteiger partial charge in [0.05, 0.1) is 39.9 Å². The van der Waals surface area contributed by atoms with E-state index >= 15 is 0 Å². The highest BCUT2D eigenvalue weighted by atomic mass is 32.1. The summed E-state index contributed by atoms with van der Waals surface area (Å²) in [5, 5.41) is 13.0. The molecule has 1 amide bonds. The van der Waals surface area contributed by atoms with Crippen molar-refractivity contribution in [2.24, 2.45) is 0 Å². The molecule has 0 spiro atoms. The van der Waals surface area contributed by atoms with Gasteiger partial charge in [0.15, 0.2) is 22.4 Å². The highest BCUT2D eigenvalue weighted by molar-refractivity contribution is 7.22. The van der Waals surface area contributed by atoms with Crippen LogP contribution in [0.4, 0.5) is 9.52 Å². The van der Waals surface area contributed by atoms with Crippen molar-refractivity contribution in [2.75, 3.05) is 18.1 Å². The number of halogens is 1. The zero-order valence-electron chi connectivity index (χ0n) is 20.8. The average Bonchev–Trinajstić information content (AvgIpc) is 3.64. The second kappa shape index (κ2) is 10.9. The lowest BCUT2D eigenvalue weighted by molar-refractivity contribution is -0.117. The van der Waals surface area contributed by atoms with Gasteiger partial charge >= 0.3 is 0 Å². The van der Waals surface area contributed by atoms with Crippen LogP contribution in [-0.2, 0) is 4.79 Å². The van der Waals surface area contributed by atoms with Gasteiger partial charge in [0, 0.05) is 0 Å². The number of aliphatic hydroxyl groups excluding tert-OH is 1. The van der Waals surface area contributed by atoms with E-state index in [1.54, 1.807) is 35.7 Å². The van der Waals surface area contributed by atoms with E-state index in [1.165, 1.54) is 34.4 Å². The number of unbranched alkanes of at least 4 members (excludes halogenated alkanes) is 1. The number of nitrogens with zero attached hydrogens (tertiary/aromatic N) is 2. The van der Waals surface area contributed by atoms with Crippen molar-refractivity contribution in [1.29, 1.82) is 0 Å². The van der Waals surface area contributed by atoms with E-state index in [-0.39, 0.29) is 10.7 Å². The monoisotopic (exact) mass is 552 g/mol. The second-order valence-electron chi connectivity index (χ2n) is 8.60. The lowest BCUT2D eigenvalue weighted by Crippen LogP contribution is -2.31. The molecule has 1 aliphatic rings. The van der Waals surface area contributed by atoms with Gasteiger partial charge in [-0.1, -0.05) is 36.8 Å². The first kappa shape index (κ1) is 25.9. The maximum Gasteiger partial charge on any atom is 0.296 e. The first-order valence-electron chi connectivity index (χ1n) is 12.2. The van der Waals surface area contributed by atoms with Crippen molar-refractivity contribution in [3.63, 3.8) is 0 Å². The van der Waals surface area contributed by atoms with E-state index in [0.717, 1.165) is 24.2 Å². The molecule has 0 fully saturated rings. The molecule has 5 rings (SSSR count). The number of ketones is 1. The molecule has 1 unspecified atom stereocenters. The summed E-state index contributed by atoms with van der Waals surface area (Å²) in [6.45, 7) is 4.83. The smallest absolute Gasteiger partial charge is 0.296 e. The van der Waals surface area contributed by atoms with Gasteiger partial charge < -0.3 is 14.6 Å². The Morgan fingerprint density at radius 1 is 1.13 bits per heavy atom. The number of aromatic nitrogens is 1. The standard InChI is InChI=1S/C28H25FN2O5S2/c1-3-5-12-36-19-11-8-16(14-20(19)35-4-2)24-23(25(32)21-7-6-13-37-21)26(33)27(34)31(24)28-30-18-10-9-17(29)15-22(18)38-28/h6-11,13-15,24,33H,3-5,12H2,1-2H3. The number of Topliss-reactive ketones (excluding diaryl/α,β-unsaturated/α-hetero) is 1. The van der Waals surface area contributed by atoms with Crippen LogP contribution < -0.4 is 14.4 Å². The Bertz CT molecular complexity index is 1530. The highest BCUT2D eigenvalue weighted by Crippen LogP contribution is 2.46. The molecule has 196 valence electrons. The first-order valence-corrected chi connectivity index (χ1v) is 13.9. The third-order valence-electron chi connectivity index (χ3n) is 6.08. The van der Waals surface area contributed by atoms with E-state index in [2.05, 4.69) is 11.9 Å². The Morgan fingerprint density at radius 2 is 1.97 bits per heavy atom. The zero-order chi connectivity index (χ0) is 26.8. The molecule has 4 aromatic rings. The minimum absolute atomic E-state index is 0.0509. The number of benzene rings is 2. The van der Waals surface area contributed by atoms with Gasteiger partial charge in [-0.2, -0.15) is 0 Å². The molecular formula is C28H25FN2O5S2. The molecular weight excluding hydrogens is 527 g/mol. The van der Waals surface area contributed by atoms with Crippen LogP contribution in [0.3, 0.4) is 0 Å². The number of rotatable bonds is 10. The van der Waals surface area contributed by atoms with Crippen molar-refractivity contribution >= 4 is 49.7 Å². The molecule has 0 saturated carbocycles. The number of fused-ring (bicyclic) bond motifs is 1. The van der Waals surface area contributed by atoms with E-state index in [1.807, 2.05) is 6.92 Å². The average molecular weight is 553 g/mol. The van der Waals surface area contributed by atoms with Gasteiger partial charge in [-0.3, -0.25) is 14.5 Å². The Morgan fingerprint density at radius 3 is 2.71 bits per heavy atom. The largest absolute Gasteiger partial charge is 0.503 e. The maximum atomic E-state index is 13.9. The second-order valence-corrected chi connectivity index (χ2v) is 10.6. The van der Waals surface area contributed by atoms with Gasteiger partial charge in [-0.05, 0) is 60.7 Å². The fraction of sp³-hybridized carbons (Fsp3) is 0.250. The number of ether oxygens (including phenoxy) is 2. The summed E-state index contributed by atoms with van der Waals surface area (Å²) >= 11 is 2.33. The van der Waals surface area contributed by atoms with Gasteiger partial charge in [0.25, 0.3) is 5.91 Å². The number of carbonyl (C=O) groups is 2. The lowest BCUT2D eigenvalue weighted by atomic mass is 9.95. The molecule has 0 bridgehead atoms. The summed E-state index contributed by atoms with van der Waals surface area (Å²) in [6.07, 6.45) is 1.86. The summed E-state index contributed by atoms with van der Waals surface area (Å²) < 4.78 is 26.2. The highest BCUT2D eigenvalue weighted by Gasteiger charge is 2.46. The van der Waals surface area contributed by atoms with Crippen molar-refractivity contribution in [3.8, 4) is 11.5 Å². The van der Waals surface area contributed by atoms with Gasteiger partial charge in [0.2, 0.25) is 5.78 Å². The number of thiophene rings is 1. The predicted octanol–water partition coefficient (Wildman–Crippen LogP) is 6.86. The van der Waals surface area contributed by atoms with Gasteiger partial charge in [-0.25, -0.2) is 9.37 Å². The zero-order valence-corrected chi connectivity index (χ0v) is 22.4. The van der Waals surface area contributed by atoms with Crippen molar-refractivity contribution in [2.45, 2.75) is 32.7 Å². The number of anilines is 1. The predicted molar refractivity (Wildman–Crippen MR) is 146 cm³/mol. The van der Waals surface area contributed by atoms with Crippen LogP contribution >= 0.6 is 22.7 Å². The van der Waals surface area contributed by atoms with Crippen LogP contribution in [0.5, 0.6) is 11.5 Å². The molecule has 38 heavy (non-hydrogen) atoms. The van der Waals surface area contributed by atoms with Crippen LogP contribution in [0.15, 0.2) is 65.2 Å². The molecule has 3 heterocycles. The lowest BCUT2D eigenvalue weighted by Gasteiger charge is -2.25. The van der Waals surface area contributed by atoms with Crippen LogP contribution in [0, 0.1) is 5.82 Å². The summed E-state index contributed by atoms with van der Waals surface area (Å²) in [7, 11) is 0. The third kappa shape index (κ3) is 4.77. The number of aliphatic hydroxyl groups is 1. The number of hydrogen-bond donors (Lipinski definition) is 1. The molecule has 10 heteroatoms. The van der Waals surface area contributed by atoms with Crippen LogP contribution in [0.25, 0.3) is 10.2 Å².